The van der Waals surface area contributed by atoms with Crippen LogP contribution in [0.5, 0.6) is 0 Å². The van der Waals surface area contributed by atoms with Crippen molar-refractivity contribution in [3.05, 3.63) is 76.9 Å². The number of ketones is 1. The van der Waals surface area contributed by atoms with Crippen molar-refractivity contribution in [3.63, 3.8) is 0 Å². The second-order valence-corrected chi connectivity index (χ2v) is 5.31. The first-order valence-corrected chi connectivity index (χ1v) is 7.37. The van der Waals surface area contributed by atoms with Gasteiger partial charge in [-0.2, -0.15) is 0 Å². The van der Waals surface area contributed by atoms with Gasteiger partial charge in [0.25, 0.3) is 0 Å². The van der Waals surface area contributed by atoms with E-state index in [4.69, 9.17) is 0 Å². The van der Waals surface area contributed by atoms with E-state index in [1.54, 1.807) is 0 Å². The SMILES string of the molecule is CNCC/C=C1/c2ccccc2CC(=O)c2ccccc21. The molecule has 0 atom stereocenters. The summed E-state index contributed by atoms with van der Waals surface area (Å²) in [4.78, 5) is 12.5. The molecule has 0 heterocycles. The van der Waals surface area contributed by atoms with Crippen molar-refractivity contribution in [2.75, 3.05) is 13.6 Å². The summed E-state index contributed by atoms with van der Waals surface area (Å²) in [5.41, 5.74) is 5.39. The van der Waals surface area contributed by atoms with E-state index in [2.05, 4.69) is 29.6 Å². The highest BCUT2D eigenvalue weighted by molar-refractivity contribution is 6.06. The zero-order chi connectivity index (χ0) is 14.7. The number of nitrogens with one attached hydrogen (secondary N) is 1. The number of Topliss-reactive ketones (excluding diaryl/α,β-unsaturated/α-hetero) is 1. The van der Waals surface area contributed by atoms with Crippen molar-refractivity contribution in [1.82, 2.24) is 5.32 Å². The Morgan fingerprint density at radius 1 is 1.00 bits per heavy atom. The van der Waals surface area contributed by atoms with E-state index in [1.807, 2.05) is 37.4 Å². The molecular weight excluding hydrogens is 258 g/mol. The first-order chi connectivity index (χ1) is 10.3. The van der Waals surface area contributed by atoms with Gasteiger partial charge in [0.05, 0.1) is 0 Å². The molecule has 0 radical (unpaired) electrons. The van der Waals surface area contributed by atoms with Gasteiger partial charge in [0.2, 0.25) is 0 Å². The number of rotatable bonds is 3. The van der Waals surface area contributed by atoms with Gasteiger partial charge in [-0.05, 0) is 42.3 Å². The largest absolute Gasteiger partial charge is 0.319 e. The summed E-state index contributed by atoms with van der Waals surface area (Å²) in [7, 11) is 1.96. The zero-order valence-electron chi connectivity index (χ0n) is 12.2. The van der Waals surface area contributed by atoms with Gasteiger partial charge in [-0.15, -0.1) is 0 Å². The third-order valence-corrected chi connectivity index (χ3v) is 3.92. The summed E-state index contributed by atoms with van der Waals surface area (Å²) in [5, 5.41) is 3.17. The molecule has 0 amide bonds. The number of carbonyl (C=O) groups excluding carboxylic acids is 1. The van der Waals surface area contributed by atoms with Crippen LogP contribution in [-0.2, 0) is 6.42 Å². The molecule has 106 valence electrons. The predicted octanol–water partition coefficient (Wildman–Crippen LogP) is 3.47. The molecule has 0 aliphatic heterocycles. The number of hydrogen-bond acceptors (Lipinski definition) is 2. The average molecular weight is 277 g/mol. The van der Waals surface area contributed by atoms with Gasteiger partial charge >= 0.3 is 0 Å². The van der Waals surface area contributed by atoms with Crippen LogP contribution in [0.1, 0.15) is 33.5 Å². The van der Waals surface area contributed by atoms with E-state index in [9.17, 15) is 4.79 Å². The molecular formula is C19H19NO. The molecule has 2 nitrogen and oxygen atoms in total. The van der Waals surface area contributed by atoms with Crippen molar-refractivity contribution in [3.8, 4) is 0 Å². The summed E-state index contributed by atoms with van der Waals surface area (Å²) in [6.07, 6.45) is 3.67. The van der Waals surface area contributed by atoms with Crippen molar-refractivity contribution >= 4 is 11.4 Å². The smallest absolute Gasteiger partial charge is 0.167 e. The second-order valence-electron chi connectivity index (χ2n) is 5.31. The number of carbonyl (C=O) groups is 1. The Balaban J connectivity index is 2.18. The van der Waals surface area contributed by atoms with Crippen molar-refractivity contribution in [2.24, 2.45) is 0 Å². The minimum atomic E-state index is 0.204. The summed E-state index contributed by atoms with van der Waals surface area (Å²) in [6, 6.07) is 16.2. The Kier molecular flexibility index (Phi) is 3.98. The van der Waals surface area contributed by atoms with Crippen LogP contribution in [0.3, 0.4) is 0 Å². The second kappa shape index (κ2) is 6.06. The first-order valence-electron chi connectivity index (χ1n) is 7.37. The maximum atomic E-state index is 12.5. The summed E-state index contributed by atoms with van der Waals surface area (Å²) < 4.78 is 0. The van der Waals surface area contributed by atoms with Gasteiger partial charge in [-0.1, -0.05) is 54.6 Å². The summed E-state index contributed by atoms with van der Waals surface area (Å²) in [6.45, 7) is 0.932. The highest BCUT2D eigenvalue weighted by Crippen LogP contribution is 2.33. The van der Waals surface area contributed by atoms with E-state index in [1.165, 1.54) is 11.1 Å². The van der Waals surface area contributed by atoms with Gasteiger partial charge in [0.1, 0.15) is 0 Å². The zero-order valence-corrected chi connectivity index (χ0v) is 12.2. The van der Waals surface area contributed by atoms with Crippen LogP contribution < -0.4 is 5.32 Å². The minimum absolute atomic E-state index is 0.204. The Hall–Kier alpha value is -2.19. The highest BCUT2D eigenvalue weighted by Gasteiger charge is 2.22. The van der Waals surface area contributed by atoms with Crippen LogP contribution in [0.15, 0.2) is 54.6 Å². The third-order valence-electron chi connectivity index (χ3n) is 3.92. The van der Waals surface area contributed by atoms with Crippen LogP contribution in [0.4, 0.5) is 0 Å². The predicted molar refractivity (Wildman–Crippen MR) is 86.5 cm³/mol. The molecule has 1 aliphatic carbocycles. The standard InChI is InChI=1S/C19H19NO/c1-20-12-6-11-16-15-8-3-2-7-14(15)13-19(21)18-10-5-4-9-17(16)18/h2-5,7-11,20H,6,12-13H2,1H3/b16-11-. The lowest BCUT2D eigenvalue weighted by atomic mass is 9.93. The molecule has 3 rings (SSSR count). The van der Waals surface area contributed by atoms with Gasteiger partial charge in [0.15, 0.2) is 5.78 Å². The Morgan fingerprint density at radius 3 is 2.43 bits per heavy atom. The van der Waals surface area contributed by atoms with Gasteiger partial charge < -0.3 is 5.32 Å². The van der Waals surface area contributed by atoms with Crippen LogP contribution in [-0.4, -0.2) is 19.4 Å². The molecule has 1 N–H and O–H groups in total. The lowest BCUT2D eigenvalue weighted by molar-refractivity contribution is 0.0993. The molecule has 2 heteroatoms. The van der Waals surface area contributed by atoms with Crippen molar-refractivity contribution < 1.29 is 4.79 Å². The molecule has 0 saturated carbocycles. The number of benzene rings is 2. The monoisotopic (exact) mass is 277 g/mol. The normalized spacial score (nSPS) is 15.5. The lowest BCUT2D eigenvalue weighted by Crippen LogP contribution is -2.06. The van der Waals surface area contributed by atoms with Crippen LogP contribution in [0, 0.1) is 0 Å². The fraction of sp³-hybridized carbons (Fsp3) is 0.211. The summed E-state index contributed by atoms with van der Waals surface area (Å²) >= 11 is 0. The molecule has 1 aliphatic rings. The Labute approximate surface area is 125 Å². The topological polar surface area (TPSA) is 29.1 Å². The molecule has 0 saturated heterocycles. The maximum Gasteiger partial charge on any atom is 0.167 e. The van der Waals surface area contributed by atoms with Crippen LogP contribution in [0.25, 0.3) is 5.57 Å². The first kappa shape index (κ1) is 13.8. The fourth-order valence-corrected chi connectivity index (χ4v) is 2.89. The molecule has 0 unspecified atom stereocenters. The molecule has 21 heavy (non-hydrogen) atoms. The van der Waals surface area contributed by atoms with Crippen molar-refractivity contribution in [1.29, 1.82) is 0 Å². The molecule has 2 aromatic carbocycles. The van der Waals surface area contributed by atoms with Crippen LogP contribution >= 0.6 is 0 Å². The average Bonchev–Trinajstić information content (AvgIpc) is 2.63. The molecule has 0 bridgehead atoms. The third kappa shape index (κ3) is 2.67. The van der Waals surface area contributed by atoms with Crippen molar-refractivity contribution in [2.45, 2.75) is 12.8 Å². The quantitative estimate of drug-likeness (QED) is 0.870. The van der Waals surface area contributed by atoms with E-state index < -0.39 is 0 Å². The van der Waals surface area contributed by atoms with E-state index in [0.29, 0.717) is 6.42 Å². The minimum Gasteiger partial charge on any atom is -0.319 e. The fourth-order valence-electron chi connectivity index (χ4n) is 2.89. The van der Waals surface area contributed by atoms with Gasteiger partial charge in [0, 0.05) is 12.0 Å². The van der Waals surface area contributed by atoms with Crippen LogP contribution in [0.2, 0.25) is 0 Å². The lowest BCUT2D eigenvalue weighted by Gasteiger charge is -2.11. The molecule has 0 fully saturated rings. The van der Waals surface area contributed by atoms with E-state index >= 15 is 0 Å². The van der Waals surface area contributed by atoms with E-state index in [0.717, 1.165) is 29.7 Å². The molecule has 2 aromatic rings. The number of hydrogen-bond donors (Lipinski definition) is 1. The van der Waals surface area contributed by atoms with E-state index in [-0.39, 0.29) is 5.78 Å². The Bertz CT molecular complexity index is 700. The van der Waals surface area contributed by atoms with Gasteiger partial charge in [-0.25, -0.2) is 0 Å². The maximum absolute atomic E-state index is 12.5. The number of fused-ring (bicyclic) bond motifs is 2. The Morgan fingerprint density at radius 2 is 1.67 bits per heavy atom. The molecule has 0 aromatic heterocycles. The molecule has 0 spiro atoms. The highest BCUT2D eigenvalue weighted by atomic mass is 16.1. The summed E-state index contributed by atoms with van der Waals surface area (Å²) in [5.74, 6) is 0.204. The van der Waals surface area contributed by atoms with Gasteiger partial charge in [-0.3, -0.25) is 4.79 Å².